The minimum absolute atomic E-state index is 0.0181. The maximum absolute atomic E-state index is 9.76. The van der Waals surface area contributed by atoms with E-state index >= 15 is 0 Å². The van der Waals surface area contributed by atoms with Gasteiger partial charge in [0, 0.05) is 24.2 Å². The number of hydrogen-bond donors (Lipinski definition) is 2. The van der Waals surface area contributed by atoms with E-state index in [1.807, 2.05) is 0 Å². The van der Waals surface area contributed by atoms with Crippen LogP contribution in [0.25, 0.3) is 0 Å². The molecule has 19 heavy (non-hydrogen) atoms. The number of nitrogens with zero attached hydrogens (tertiary/aromatic N) is 1. The Morgan fingerprint density at radius 2 is 2.05 bits per heavy atom. The van der Waals surface area contributed by atoms with Crippen LogP contribution in [0, 0.1) is 5.92 Å². The summed E-state index contributed by atoms with van der Waals surface area (Å²) >= 11 is 0. The van der Waals surface area contributed by atoms with Crippen molar-refractivity contribution in [2.75, 3.05) is 19.7 Å². The van der Waals surface area contributed by atoms with E-state index < -0.39 is 0 Å². The second-order valence-corrected chi connectivity index (χ2v) is 7.00. The van der Waals surface area contributed by atoms with Crippen LogP contribution in [0.4, 0.5) is 0 Å². The van der Waals surface area contributed by atoms with Gasteiger partial charge in [-0.15, -0.1) is 0 Å². The maximum atomic E-state index is 9.76. The molecule has 2 aliphatic rings. The summed E-state index contributed by atoms with van der Waals surface area (Å²) in [6.07, 6.45) is 7.27. The van der Waals surface area contributed by atoms with E-state index in [0.29, 0.717) is 6.04 Å². The fourth-order valence-electron chi connectivity index (χ4n) is 3.57. The third-order valence-corrected chi connectivity index (χ3v) is 5.08. The van der Waals surface area contributed by atoms with Crippen LogP contribution in [0.1, 0.15) is 59.3 Å². The quantitative estimate of drug-likeness (QED) is 0.709. The summed E-state index contributed by atoms with van der Waals surface area (Å²) in [4.78, 5) is 2.62. The lowest BCUT2D eigenvalue weighted by Gasteiger charge is -2.33. The monoisotopic (exact) mass is 268 g/mol. The van der Waals surface area contributed by atoms with Gasteiger partial charge in [-0.2, -0.15) is 0 Å². The van der Waals surface area contributed by atoms with Crippen LogP contribution in [0.5, 0.6) is 0 Å². The molecule has 0 aromatic rings. The molecule has 0 aromatic heterocycles. The first-order valence-electron chi connectivity index (χ1n) is 8.21. The molecule has 1 aliphatic carbocycles. The van der Waals surface area contributed by atoms with Crippen molar-refractivity contribution in [1.29, 1.82) is 0 Å². The number of likely N-dealkylation sites (tertiary alicyclic amines) is 1. The minimum Gasteiger partial charge on any atom is -0.394 e. The third kappa shape index (κ3) is 4.17. The summed E-state index contributed by atoms with van der Waals surface area (Å²) < 4.78 is 0. The lowest BCUT2D eigenvalue weighted by molar-refractivity contribution is 0.135. The largest absolute Gasteiger partial charge is 0.394 e. The van der Waals surface area contributed by atoms with Crippen LogP contribution in [0.15, 0.2) is 0 Å². The van der Waals surface area contributed by atoms with Crippen LogP contribution in [-0.4, -0.2) is 47.3 Å². The molecule has 0 spiro atoms. The highest BCUT2D eigenvalue weighted by Crippen LogP contribution is 2.28. The van der Waals surface area contributed by atoms with Gasteiger partial charge in [0.2, 0.25) is 0 Å². The zero-order valence-electron chi connectivity index (χ0n) is 13.0. The molecule has 112 valence electrons. The highest BCUT2D eigenvalue weighted by Gasteiger charge is 2.34. The lowest BCUT2D eigenvalue weighted by atomic mass is 9.91. The molecule has 3 unspecified atom stereocenters. The van der Waals surface area contributed by atoms with E-state index in [1.54, 1.807) is 0 Å². The number of aliphatic hydroxyl groups is 1. The fraction of sp³-hybridized carbons (Fsp3) is 1.00. The second kappa shape index (κ2) is 6.55. The zero-order valence-corrected chi connectivity index (χ0v) is 13.0. The summed E-state index contributed by atoms with van der Waals surface area (Å²) in [6, 6.07) is 1.43. The number of hydrogen-bond acceptors (Lipinski definition) is 3. The Morgan fingerprint density at radius 1 is 1.32 bits per heavy atom. The van der Waals surface area contributed by atoms with E-state index in [4.69, 9.17) is 0 Å². The van der Waals surface area contributed by atoms with Crippen molar-refractivity contribution in [3.05, 3.63) is 0 Å². The smallest absolute Gasteiger partial charge is 0.0613 e. The Morgan fingerprint density at radius 3 is 2.53 bits per heavy atom. The molecule has 0 aromatic carbocycles. The van der Waals surface area contributed by atoms with Gasteiger partial charge in [0.15, 0.2) is 0 Å². The van der Waals surface area contributed by atoms with Gasteiger partial charge in [0.1, 0.15) is 0 Å². The fourth-order valence-corrected chi connectivity index (χ4v) is 3.57. The first-order chi connectivity index (χ1) is 9.08. The van der Waals surface area contributed by atoms with Crippen molar-refractivity contribution in [3.63, 3.8) is 0 Å². The Labute approximate surface area is 118 Å². The molecule has 2 rings (SSSR count). The Hall–Kier alpha value is -0.120. The van der Waals surface area contributed by atoms with Gasteiger partial charge in [0.25, 0.3) is 0 Å². The topological polar surface area (TPSA) is 35.5 Å². The molecular weight excluding hydrogens is 236 g/mol. The minimum atomic E-state index is -0.0181. The van der Waals surface area contributed by atoms with Crippen LogP contribution in [0.3, 0.4) is 0 Å². The average Bonchev–Trinajstić information content (AvgIpc) is 3.14. The van der Waals surface area contributed by atoms with E-state index in [2.05, 4.69) is 31.0 Å². The summed E-state index contributed by atoms with van der Waals surface area (Å²) in [5, 5.41) is 13.4. The van der Waals surface area contributed by atoms with Crippen LogP contribution in [0.2, 0.25) is 0 Å². The zero-order chi connectivity index (χ0) is 13.9. The molecule has 2 N–H and O–H groups in total. The molecule has 2 fully saturated rings. The van der Waals surface area contributed by atoms with Crippen molar-refractivity contribution in [2.45, 2.75) is 76.9 Å². The third-order valence-electron chi connectivity index (χ3n) is 5.08. The van der Waals surface area contributed by atoms with Crippen molar-refractivity contribution >= 4 is 0 Å². The summed E-state index contributed by atoms with van der Waals surface area (Å²) in [5.41, 5.74) is -0.0181. The summed E-state index contributed by atoms with van der Waals surface area (Å²) in [7, 11) is 0. The predicted octanol–water partition coefficient (Wildman–Crippen LogP) is 2.39. The summed E-state index contributed by atoms with van der Waals surface area (Å²) in [5.74, 6) is 0.855. The van der Waals surface area contributed by atoms with E-state index in [-0.39, 0.29) is 12.1 Å². The SMILES string of the molecule is CCC(CO)(CCCN1CC(C)CC1C)NC1CC1. The average molecular weight is 268 g/mol. The summed E-state index contributed by atoms with van der Waals surface area (Å²) in [6.45, 7) is 9.65. The van der Waals surface area contributed by atoms with E-state index in [1.165, 1.54) is 38.8 Å². The van der Waals surface area contributed by atoms with Gasteiger partial charge in [-0.05, 0) is 57.9 Å². The predicted molar refractivity (Wildman–Crippen MR) is 80.3 cm³/mol. The van der Waals surface area contributed by atoms with Gasteiger partial charge in [0.05, 0.1) is 6.61 Å². The van der Waals surface area contributed by atoms with Crippen LogP contribution in [-0.2, 0) is 0 Å². The molecular formula is C16H32N2O. The van der Waals surface area contributed by atoms with Gasteiger partial charge < -0.3 is 15.3 Å². The van der Waals surface area contributed by atoms with Crippen LogP contribution < -0.4 is 5.32 Å². The lowest BCUT2D eigenvalue weighted by Crippen LogP contribution is -2.49. The molecule has 3 heteroatoms. The molecule has 0 bridgehead atoms. The molecule has 0 amide bonds. The van der Waals surface area contributed by atoms with E-state index in [0.717, 1.165) is 24.8 Å². The van der Waals surface area contributed by atoms with Gasteiger partial charge in [-0.1, -0.05) is 13.8 Å². The maximum Gasteiger partial charge on any atom is 0.0613 e. The van der Waals surface area contributed by atoms with Crippen LogP contribution >= 0.6 is 0 Å². The number of rotatable bonds is 8. The molecule has 1 heterocycles. The number of nitrogens with one attached hydrogen (secondary N) is 1. The molecule has 1 saturated heterocycles. The molecule has 0 radical (unpaired) electrons. The Balaban J connectivity index is 1.75. The normalized spacial score (nSPS) is 31.6. The van der Waals surface area contributed by atoms with E-state index in [9.17, 15) is 5.11 Å². The first kappa shape index (κ1) is 15.3. The highest BCUT2D eigenvalue weighted by atomic mass is 16.3. The van der Waals surface area contributed by atoms with Crippen molar-refractivity contribution < 1.29 is 5.11 Å². The first-order valence-corrected chi connectivity index (χ1v) is 8.21. The molecule has 3 atom stereocenters. The highest BCUT2D eigenvalue weighted by molar-refractivity contribution is 4.94. The van der Waals surface area contributed by atoms with Gasteiger partial charge in [-0.25, -0.2) is 0 Å². The number of aliphatic hydroxyl groups excluding tert-OH is 1. The van der Waals surface area contributed by atoms with Crippen molar-refractivity contribution in [1.82, 2.24) is 10.2 Å². The van der Waals surface area contributed by atoms with Crippen molar-refractivity contribution in [3.8, 4) is 0 Å². The molecule has 3 nitrogen and oxygen atoms in total. The van der Waals surface area contributed by atoms with Crippen molar-refractivity contribution in [2.24, 2.45) is 5.92 Å². The van der Waals surface area contributed by atoms with Gasteiger partial charge >= 0.3 is 0 Å². The molecule has 1 saturated carbocycles. The molecule has 1 aliphatic heterocycles. The second-order valence-electron chi connectivity index (χ2n) is 7.00. The standard InChI is InChI=1S/C16H32N2O/c1-4-16(12-19,17-15-6-7-15)8-5-9-18-11-13(2)10-14(18)3/h13-15,17,19H,4-12H2,1-3H3. The Kier molecular flexibility index (Phi) is 5.27. The van der Waals surface area contributed by atoms with Gasteiger partial charge in [-0.3, -0.25) is 0 Å². The Bertz CT molecular complexity index is 274.